The number of quaternary nitrogens is 2. The topological polar surface area (TPSA) is 180 Å². The van der Waals surface area contributed by atoms with E-state index in [1.807, 2.05) is 12.1 Å². The molecule has 4 aliphatic heterocycles. The molecule has 308 valence electrons. The first-order valence-electron chi connectivity index (χ1n) is 20.0. The van der Waals surface area contributed by atoms with E-state index in [0.29, 0.717) is 47.7 Å². The Morgan fingerprint density at radius 1 is 0.579 bits per heavy atom. The summed E-state index contributed by atoms with van der Waals surface area (Å²) in [5.74, 6) is -3.78. The molecule has 4 bridgehead atoms. The number of aliphatic carboxylic acids is 2. The number of ether oxygens (including phenoxy) is 4. The third kappa shape index (κ3) is 8.43. The maximum Gasteiger partial charge on any atom is 0.310 e. The van der Waals surface area contributed by atoms with Crippen LogP contribution in [0, 0.1) is 17.3 Å². The lowest BCUT2D eigenvalue weighted by atomic mass is 9.56. The molecule has 4 fully saturated rings. The molecule has 0 aromatic heterocycles. The van der Waals surface area contributed by atoms with Crippen molar-refractivity contribution >= 4 is 35.8 Å². The fraction of sp³-hybridized carbons (Fsp3) is 0.581. The summed E-state index contributed by atoms with van der Waals surface area (Å²) in [6.07, 6.45) is 6.18. The molecule has 14 heteroatoms. The summed E-state index contributed by atoms with van der Waals surface area (Å²) in [7, 11) is 4.41. The van der Waals surface area contributed by atoms with Crippen LogP contribution in [-0.4, -0.2) is 93.3 Å². The Labute approximate surface area is 333 Å². The highest BCUT2D eigenvalue weighted by molar-refractivity contribution is 5.77. The fourth-order valence-corrected chi connectivity index (χ4v) is 11.4. The van der Waals surface area contributed by atoms with E-state index in [4.69, 9.17) is 18.9 Å². The van der Waals surface area contributed by atoms with Gasteiger partial charge in [0.25, 0.3) is 0 Å². The summed E-state index contributed by atoms with van der Waals surface area (Å²) >= 11 is 0. The van der Waals surface area contributed by atoms with Gasteiger partial charge in [-0.15, -0.1) is 0 Å². The number of hydrogen-bond acceptors (Lipinski definition) is 10. The van der Waals surface area contributed by atoms with Crippen LogP contribution in [0.3, 0.4) is 0 Å². The van der Waals surface area contributed by atoms with Crippen LogP contribution in [0.15, 0.2) is 36.4 Å². The van der Waals surface area contributed by atoms with Gasteiger partial charge in [0.1, 0.15) is 13.1 Å². The average molecular weight is 793 g/mol. The number of piperidine rings is 2. The molecule has 0 radical (unpaired) electrons. The van der Waals surface area contributed by atoms with Gasteiger partial charge in [0.05, 0.1) is 43.7 Å². The van der Waals surface area contributed by atoms with Crippen molar-refractivity contribution in [3.05, 3.63) is 47.5 Å². The van der Waals surface area contributed by atoms with E-state index in [0.717, 1.165) is 36.8 Å². The minimum atomic E-state index is -1.21. The highest BCUT2D eigenvalue weighted by atomic mass is 16.6. The van der Waals surface area contributed by atoms with Crippen molar-refractivity contribution in [3.63, 3.8) is 0 Å². The molecule has 2 N–H and O–H groups in total. The molecule has 14 nitrogen and oxygen atoms in total. The second-order valence-electron chi connectivity index (χ2n) is 17.3. The van der Waals surface area contributed by atoms with Crippen LogP contribution in [-0.2, 0) is 41.9 Å². The first-order valence-corrected chi connectivity index (χ1v) is 20.0. The number of hydrogen-bond donors (Lipinski definition) is 2. The lowest BCUT2D eigenvalue weighted by Crippen LogP contribution is -2.63. The predicted octanol–water partition coefficient (Wildman–Crippen LogP) is 5.80. The summed E-state index contributed by atoms with van der Waals surface area (Å²) < 4.78 is 22.8. The summed E-state index contributed by atoms with van der Waals surface area (Å²) in [6.45, 7) is 6.35. The Balaban J connectivity index is 1.26. The van der Waals surface area contributed by atoms with Gasteiger partial charge in [-0.05, 0) is 54.7 Å². The third-order valence-corrected chi connectivity index (χ3v) is 13.9. The number of carbonyl (C=O) groups is 6. The van der Waals surface area contributed by atoms with Crippen LogP contribution in [0.2, 0.25) is 0 Å². The number of nitrogens with zero attached hydrogens (tertiary/aromatic N) is 2. The van der Waals surface area contributed by atoms with Crippen molar-refractivity contribution in [1.29, 1.82) is 0 Å². The minimum Gasteiger partial charge on any atom is -0.481 e. The largest absolute Gasteiger partial charge is 0.481 e. The molecular formula is C43H56N2O12+2. The van der Waals surface area contributed by atoms with Gasteiger partial charge in [-0.1, -0.05) is 0 Å². The molecule has 0 saturated carbocycles. The number of fused-ring (bicyclic) bond motifs is 4. The SMILES string of the molecule is CC(=O)Oc1ccc(C[N+]2(C)C3CCC2CC(C(CCC(=O)O)(C(=O)O)C2CC4CCC(C2)[N+]4(C)Cc2ccc(OC(C)=O)c(OC(C)=O)c2)C3)cc1OC(C)=O. The molecule has 4 atom stereocenters. The first kappa shape index (κ1) is 41.8. The van der Waals surface area contributed by atoms with E-state index >= 15 is 0 Å². The number of rotatable bonds is 14. The second-order valence-corrected chi connectivity index (χ2v) is 17.3. The highest BCUT2D eigenvalue weighted by Crippen LogP contribution is 2.59. The van der Waals surface area contributed by atoms with Crippen LogP contribution in [0.1, 0.15) is 103 Å². The summed E-state index contributed by atoms with van der Waals surface area (Å²) in [6, 6.07) is 11.1. The van der Waals surface area contributed by atoms with Gasteiger partial charge < -0.3 is 38.1 Å². The zero-order chi connectivity index (χ0) is 41.4. The van der Waals surface area contributed by atoms with Crippen LogP contribution in [0.5, 0.6) is 23.0 Å². The molecule has 4 saturated heterocycles. The molecule has 4 unspecified atom stereocenters. The van der Waals surface area contributed by atoms with Crippen molar-refractivity contribution in [2.24, 2.45) is 17.3 Å². The Kier molecular flexibility index (Phi) is 11.9. The molecule has 4 aliphatic rings. The van der Waals surface area contributed by atoms with Crippen LogP contribution >= 0.6 is 0 Å². The van der Waals surface area contributed by atoms with Crippen LogP contribution in [0.4, 0.5) is 0 Å². The van der Waals surface area contributed by atoms with Crippen molar-refractivity contribution in [2.45, 2.75) is 129 Å². The molecule has 0 spiro atoms. The lowest BCUT2D eigenvalue weighted by Gasteiger charge is -2.55. The van der Waals surface area contributed by atoms with Crippen LogP contribution in [0.25, 0.3) is 0 Å². The number of esters is 4. The number of carboxylic acids is 2. The van der Waals surface area contributed by atoms with Crippen molar-refractivity contribution in [2.75, 3.05) is 14.1 Å². The smallest absolute Gasteiger partial charge is 0.310 e. The molecule has 0 aliphatic carbocycles. The summed E-state index contributed by atoms with van der Waals surface area (Å²) in [5.41, 5.74) is 0.591. The van der Waals surface area contributed by atoms with E-state index in [-0.39, 0.29) is 71.8 Å². The van der Waals surface area contributed by atoms with Gasteiger partial charge >= 0.3 is 35.8 Å². The maximum atomic E-state index is 13.9. The van der Waals surface area contributed by atoms with E-state index in [2.05, 4.69) is 14.1 Å². The lowest BCUT2D eigenvalue weighted by molar-refractivity contribution is -0.963. The van der Waals surface area contributed by atoms with E-state index in [9.17, 15) is 39.0 Å². The summed E-state index contributed by atoms with van der Waals surface area (Å²) in [5, 5.41) is 21.3. The maximum absolute atomic E-state index is 13.9. The first-order chi connectivity index (χ1) is 26.8. The fourth-order valence-electron chi connectivity index (χ4n) is 11.4. The predicted molar refractivity (Wildman–Crippen MR) is 204 cm³/mol. The second kappa shape index (κ2) is 16.2. The molecule has 2 aromatic carbocycles. The Morgan fingerprint density at radius 3 is 1.21 bits per heavy atom. The van der Waals surface area contributed by atoms with E-state index in [1.54, 1.807) is 24.3 Å². The molecule has 4 heterocycles. The van der Waals surface area contributed by atoms with Crippen molar-refractivity contribution < 1.29 is 66.9 Å². The van der Waals surface area contributed by atoms with Gasteiger partial charge in [0.2, 0.25) is 0 Å². The van der Waals surface area contributed by atoms with Crippen molar-refractivity contribution in [3.8, 4) is 23.0 Å². The Hall–Kier alpha value is -4.82. The normalized spacial score (nSPS) is 29.8. The molecule has 57 heavy (non-hydrogen) atoms. The molecular weight excluding hydrogens is 736 g/mol. The standard InChI is InChI=1S/C43H54N2O12/c1-25(46)54-37-13-7-29(17-39(37)56-27(3)48)23-44(5)33-9-10-34(44)20-31(19-33)43(42(52)53,16-15-41(50)51)32-21-35-11-12-36(22-32)45(35,6)24-30-8-14-38(55-26(2)47)40(18-30)57-28(4)49/h7-8,13-14,17-18,31-36H,9-12,15-16,19-24H2,1-6H3/p+2. The van der Waals surface area contributed by atoms with E-state index in [1.165, 1.54) is 27.7 Å². The summed E-state index contributed by atoms with van der Waals surface area (Å²) in [4.78, 5) is 73.3. The van der Waals surface area contributed by atoms with E-state index < -0.39 is 41.2 Å². The zero-order valence-electron chi connectivity index (χ0n) is 33.8. The van der Waals surface area contributed by atoms with Crippen LogP contribution < -0.4 is 18.9 Å². The zero-order valence-corrected chi connectivity index (χ0v) is 33.8. The number of benzene rings is 2. The van der Waals surface area contributed by atoms with Gasteiger partial charge in [-0.25, -0.2) is 0 Å². The van der Waals surface area contributed by atoms with Gasteiger partial charge in [0, 0.05) is 96.6 Å². The number of carboxylic acid groups (broad SMARTS) is 2. The quantitative estimate of drug-likeness (QED) is 0.134. The highest BCUT2D eigenvalue weighted by Gasteiger charge is 2.64. The average Bonchev–Trinajstić information content (AvgIpc) is 3.33. The van der Waals surface area contributed by atoms with Gasteiger partial charge in [-0.2, -0.15) is 0 Å². The Bertz CT molecular complexity index is 1790. The van der Waals surface area contributed by atoms with Gasteiger partial charge in [-0.3, -0.25) is 28.8 Å². The molecule has 0 amide bonds. The van der Waals surface area contributed by atoms with Crippen molar-refractivity contribution in [1.82, 2.24) is 0 Å². The number of carbonyl (C=O) groups excluding carboxylic acids is 4. The molecule has 6 rings (SSSR count). The third-order valence-electron chi connectivity index (χ3n) is 13.9. The Morgan fingerprint density at radius 2 is 0.912 bits per heavy atom. The monoisotopic (exact) mass is 792 g/mol. The minimum absolute atomic E-state index is 0.0754. The van der Waals surface area contributed by atoms with Gasteiger partial charge in [0.15, 0.2) is 23.0 Å². The molecule has 2 aromatic rings.